The fourth-order valence-electron chi connectivity index (χ4n) is 1.51. The SMILES string of the molecule is COCCN(CCC#N)c1ncnc(N)c1OC. The van der Waals surface area contributed by atoms with E-state index in [0.717, 1.165) is 0 Å². The minimum Gasteiger partial charge on any atom is -0.490 e. The average molecular weight is 251 g/mol. The van der Waals surface area contributed by atoms with E-state index in [4.69, 9.17) is 20.5 Å². The first-order chi connectivity index (χ1) is 8.74. The van der Waals surface area contributed by atoms with Crippen molar-refractivity contribution in [1.29, 1.82) is 5.26 Å². The van der Waals surface area contributed by atoms with Crippen molar-refractivity contribution < 1.29 is 9.47 Å². The lowest BCUT2D eigenvalue weighted by atomic mass is 10.3. The molecule has 1 rings (SSSR count). The van der Waals surface area contributed by atoms with Crippen molar-refractivity contribution in [3.05, 3.63) is 6.33 Å². The Labute approximate surface area is 106 Å². The van der Waals surface area contributed by atoms with Crippen LogP contribution in [0.4, 0.5) is 11.6 Å². The molecule has 0 fully saturated rings. The second kappa shape index (κ2) is 7.29. The maximum absolute atomic E-state index is 8.67. The largest absolute Gasteiger partial charge is 0.490 e. The van der Waals surface area contributed by atoms with Gasteiger partial charge >= 0.3 is 0 Å². The summed E-state index contributed by atoms with van der Waals surface area (Å²) in [4.78, 5) is 9.93. The molecule has 0 aromatic carbocycles. The molecule has 0 aliphatic carbocycles. The molecule has 18 heavy (non-hydrogen) atoms. The number of rotatable bonds is 7. The van der Waals surface area contributed by atoms with Crippen molar-refractivity contribution in [1.82, 2.24) is 9.97 Å². The van der Waals surface area contributed by atoms with Crippen molar-refractivity contribution >= 4 is 11.6 Å². The van der Waals surface area contributed by atoms with E-state index < -0.39 is 0 Å². The number of nitrogen functional groups attached to an aromatic ring is 1. The van der Waals surface area contributed by atoms with Crippen molar-refractivity contribution in [2.75, 3.05) is 44.5 Å². The normalized spacial score (nSPS) is 9.83. The van der Waals surface area contributed by atoms with E-state index in [9.17, 15) is 0 Å². The Bertz CT molecular complexity index is 418. The third kappa shape index (κ3) is 3.46. The van der Waals surface area contributed by atoms with Crippen LogP contribution in [0.5, 0.6) is 5.75 Å². The Morgan fingerprint density at radius 1 is 1.39 bits per heavy atom. The molecule has 0 saturated carbocycles. The van der Waals surface area contributed by atoms with Gasteiger partial charge in [-0.3, -0.25) is 0 Å². The van der Waals surface area contributed by atoms with Crippen LogP contribution in [-0.4, -0.2) is 43.9 Å². The van der Waals surface area contributed by atoms with Gasteiger partial charge in [-0.1, -0.05) is 0 Å². The summed E-state index contributed by atoms with van der Waals surface area (Å²) in [6.45, 7) is 1.66. The topological polar surface area (TPSA) is 97.3 Å². The first-order valence-electron chi connectivity index (χ1n) is 5.49. The Morgan fingerprint density at radius 3 is 2.78 bits per heavy atom. The molecule has 1 heterocycles. The van der Waals surface area contributed by atoms with Crippen LogP contribution < -0.4 is 15.4 Å². The van der Waals surface area contributed by atoms with Gasteiger partial charge in [-0.25, -0.2) is 9.97 Å². The van der Waals surface area contributed by atoms with Crippen LogP contribution in [0.1, 0.15) is 6.42 Å². The van der Waals surface area contributed by atoms with Crippen molar-refractivity contribution in [3.8, 4) is 11.8 Å². The number of ether oxygens (including phenoxy) is 2. The highest BCUT2D eigenvalue weighted by Gasteiger charge is 2.16. The summed E-state index contributed by atoms with van der Waals surface area (Å²) >= 11 is 0. The Morgan fingerprint density at radius 2 is 2.17 bits per heavy atom. The summed E-state index contributed by atoms with van der Waals surface area (Å²) in [5.41, 5.74) is 5.73. The van der Waals surface area contributed by atoms with E-state index >= 15 is 0 Å². The third-order valence-corrected chi connectivity index (χ3v) is 2.38. The molecule has 0 saturated heterocycles. The van der Waals surface area contributed by atoms with Crippen LogP contribution in [0.3, 0.4) is 0 Å². The second-order valence-electron chi connectivity index (χ2n) is 3.50. The zero-order valence-corrected chi connectivity index (χ0v) is 10.6. The molecule has 1 aromatic heterocycles. The number of hydrogen-bond acceptors (Lipinski definition) is 7. The van der Waals surface area contributed by atoms with E-state index in [1.165, 1.54) is 13.4 Å². The summed E-state index contributed by atoms with van der Waals surface area (Å²) in [7, 11) is 3.13. The van der Waals surface area contributed by atoms with Crippen LogP contribution in [0, 0.1) is 11.3 Å². The van der Waals surface area contributed by atoms with Crippen LogP contribution in [0.2, 0.25) is 0 Å². The molecule has 2 N–H and O–H groups in total. The summed E-state index contributed by atoms with van der Waals surface area (Å²) in [5.74, 6) is 1.28. The molecule has 0 aliphatic rings. The standard InChI is InChI=1S/C11H17N5O2/c1-17-7-6-16(5-3-4-12)11-9(18-2)10(13)14-8-15-11/h8H,3,5-7H2,1-2H3,(H2,13,14,15). The van der Waals surface area contributed by atoms with Crippen LogP contribution in [0.25, 0.3) is 0 Å². The lowest BCUT2D eigenvalue weighted by Crippen LogP contribution is -2.29. The molecule has 0 radical (unpaired) electrons. The molecular weight excluding hydrogens is 234 g/mol. The zero-order valence-electron chi connectivity index (χ0n) is 10.6. The summed E-state index contributed by atoms with van der Waals surface area (Å²) in [6, 6.07) is 2.10. The Balaban J connectivity index is 2.96. The maximum atomic E-state index is 8.67. The first kappa shape index (κ1) is 14.0. The quantitative estimate of drug-likeness (QED) is 0.750. The fourth-order valence-corrected chi connectivity index (χ4v) is 1.51. The van der Waals surface area contributed by atoms with Gasteiger partial charge in [0.05, 0.1) is 26.2 Å². The lowest BCUT2D eigenvalue weighted by Gasteiger charge is -2.24. The number of hydrogen-bond donors (Lipinski definition) is 1. The summed E-state index contributed by atoms with van der Waals surface area (Å²) < 4.78 is 10.2. The van der Waals surface area contributed by atoms with E-state index in [0.29, 0.717) is 37.7 Å². The molecule has 0 amide bonds. The van der Waals surface area contributed by atoms with Crippen LogP contribution >= 0.6 is 0 Å². The fraction of sp³-hybridized carbons (Fsp3) is 0.545. The first-order valence-corrected chi connectivity index (χ1v) is 5.49. The van der Waals surface area contributed by atoms with Gasteiger partial charge in [-0.05, 0) is 0 Å². The van der Waals surface area contributed by atoms with Crippen molar-refractivity contribution in [2.24, 2.45) is 0 Å². The molecule has 0 aliphatic heterocycles. The molecule has 0 spiro atoms. The highest BCUT2D eigenvalue weighted by Crippen LogP contribution is 2.29. The zero-order chi connectivity index (χ0) is 13.4. The number of nitriles is 1. The maximum Gasteiger partial charge on any atom is 0.204 e. The van der Waals surface area contributed by atoms with E-state index in [1.54, 1.807) is 7.11 Å². The average Bonchev–Trinajstić information content (AvgIpc) is 2.39. The number of anilines is 2. The lowest BCUT2D eigenvalue weighted by molar-refractivity contribution is 0.205. The molecule has 1 aromatic rings. The van der Waals surface area contributed by atoms with Gasteiger partial charge in [0, 0.05) is 20.2 Å². The Hall–Kier alpha value is -2.07. The minimum atomic E-state index is 0.280. The van der Waals surface area contributed by atoms with E-state index in [1.807, 2.05) is 4.90 Å². The van der Waals surface area contributed by atoms with Gasteiger partial charge in [0.25, 0.3) is 0 Å². The monoisotopic (exact) mass is 251 g/mol. The van der Waals surface area contributed by atoms with E-state index in [-0.39, 0.29) is 5.82 Å². The van der Waals surface area contributed by atoms with Gasteiger partial charge in [-0.2, -0.15) is 5.26 Å². The molecule has 0 atom stereocenters. The predicted molar refractivity (Wildman–Crippen MR) is 67.3 cm³/mol. The second-order valence-corrected chi connectivity index (χ2v) is 3.50. The van der Waals surface area contributed by atoms with Crippen LogP contribution in [-0.2, 0) is 4.74 Å². The number of nitrogens with zero attached hydrogens (tertiary/aromatic N) is 4. The highest BCUT2D eigenvalue weighted by atomic mass is 16.5. The van der Waals surface area contributed by atoms with Crippen molar-refractivity contribution in [2.45, 2.75) is 6.42 Å². The molecule has 7 heteroatoms. The highest BCUT2D eigenvalue weighted by molar-refractivity contribution is 5.62. The number of nitrogens with two attached hydrogens (primary N) is 1. The van der Waals surface area contributed by atoms with Gasteiger partial charge in [0.1, 0.15) is 6.33 Å². The smallest absolute Gasteiger partial charge is 0.204 e. The predicted octanol–water partition coefficient (Wildman–Crippen LogP) is 0.434. The molecule has 7 nitrogen and oxygen atoms in total. The Kier molecular flexibility index (Phi) is 5.67. The van der Waals surface area contributed by atoms with Crippen LogP contribution in [0.15, 0.2) is 6.33 Å². The van der Waals surface area contributed by atoms with Crippen molar-refractivity contribution in [3.63, 3.8) is 0 Å². The number of aromatic nitrogens is 2. The summed E-state index contributed by atoms with van der Waals surface area (Å²) in [5, 5.41) is 8.67. The van der Waals surface area contributed by atoms with Gasteiger partial charge in [0.15, 0.2) is 11.6 Å². The minimum absolute atomic E-state index is 0.280. The summed E-state index contributed by atoms with van der Waals surface area (Å²) in [6.07, 6.45) is 1.76. The third-order valence-electron chi connectivity index (χ3n) is 2.38. The molecule has 0 bridgehead atoms. The van der Waals surface area contributed by atoms with Gasteiger partial charge in [-0.15, -0.1) is 0 Å². The van der Waals surface area contributed by atoms with Gasteiger partial charge in [0.2, 0.25) is 5.75 Å². The molecule has 0 unspecified atom stereocenters. The van der Waals surface area contributed by atoms with E-state index in [2.05, 4.69) is 16.0 Å². The molecule has 98 valence electrons. The van der Waals surface area contributed by atoms with Gasteiger partial charge < -0.3 is 20.1 Å². The molecular formula is C11H17N5O2. The number of methoxy groups -OCH3 is 2.